The van der Waals surface area contributed by atoms with Gasteiger partial charge in [-0.1, -0.05) is 34.5 Å². The molecule has 1 aromatic rings. The van der Waals surface area contributed by atoms with E-state index in [1.54, 1.807) is 18.2 Å². The van der Waals surface area contributed by atoms with E-state index in [2.05, 4.69) is 15.9 Å². The first-order valence-corrected chi connectivity index (χ1v) is 7.57. The Morgan fingerprint density at radius 2 is 2.10 bits per heavy atom. The molecule has 2 atom stereocenters. The first kappa shape index (κ1) is 15.3. The second kappa shape index (κ2) is 6.14. The molecule has 2 rings (SSSR count). The molecule has 0 aromatic heterocycles. The third-order valence-corrected chi connectivity index (χ3v) is 4.23. The molecule has 6 heteroatoms. The molecule has 0 saturated carbocycles. The molecule has 108 valence electrons. The smallest absolute Gasteiger partial charge is 0.326 e. The second-order valence-corrected chi connectivity index (χ2v) is 6.41. The van der Waals surface area contributed by atoms with Crippen LogP contribution in [0.15, 0.2) is 22.7 Å². The lowest BCUT2D eigenvalue weighted by atomic mass is 9.90. The second-order valence-electron chi connectivity index (χ2n) is 5.06. The number of nitrogens with zero attached hydrogens (tertiary/aromatic N) is 1. The fourth-order valence-electron chi connectivity index (χ4n) is 2.64. The Bertz CT molecular complexity index is 529. The Morgan fingerprint density at radius 3 is 2.70 bits per heavy atom. The molecular weight excluding hydrogens is 346 g/mol. The number of carbonyl (C=O) groups excluding carboxylic acids is 1. The molecule has 1 N–H and O–H groups in total. The molecule has 1 heterocycles. The standard InChI is InChI=1S/C14H15BrClNO3/c1-8-3-2-4-17(12(8)14(19)20)13(18)9-5-10(15)7-11(16)6-9/h5-8,12H,2-4H2,1H3,(H,19,20). The van der Waals surface area contributed by atoms with Gasteiger partial charge in [-0.3, -0.25) is 4.79 Å². The highest BCUT2D eigenvalue weighted by Crippen LogP contribution is 2.27. The Labute approximate surface area is 130 Å². The summed E-state index contributed by atoms with van der Waals surface area (Å²) < 4.78 is 0.699. The number of likely N-dealkylation sites (tertiary alicyclic amines) is 1. The molecule has 0 radical (unpaired) electrons. The number of halogens is 2. The van der Waals surface area contributed by atoms with E-state index < -0.39 is 12.0 Å². The maximum Gasteiger partial charge on any atom is 0.326 e. The molecular formula is C14H15BrClNO3. The van der Waals surface area contributed by atoms with Crippen LogP contribution >= 0.6 is 27.5 Å². The highest BCUT2D eigenvalue weighted by molar-refractivity contribution is 9.10. The summed E-state index contributed by atoms with van der Waals surface area (Å²) in [5.74, 6) is -1.29. The number of carboxylic acid groups (broad SMARTS) is 1. The van der Waals surface area contributed by atoms with Crippen molar-refractivity contribution in [3.8, 4) is 0 Å². The van der Waals surface area contributed by atoms with Crippen LogP contribution in [0.1, 0.15) is 30.1 Å². The number of hydrogen-bond donors (Lipinski definition) is 1. The van der Waals surface area contributed by atoms with Gasteiger partial charge in [-0.2, -0.15) is 0 Å². The van der Waals surface area contributed by atoms with Gasteiger partial charge in [0.2, 0.25) is 0 Å². The monoisotopic (exact) mass is 359 g/mol. The van der Waals surface area contributed by atoms with Crippen LogP contribution < -0.4 is 0 Å². The van der Waals surface area contributed by atoms with Crippen LogP contribution in [0.2, 0.25) is 5.02 Å². The molecule has 1 aromatic carbocycles. The number of amides is 1. The average molecular weight is 361 g/mol. The summed E-state index contributed by atoms with van der Waals surface area (Å²) >= 11 is 9.23. The molecule has 1 saturated heterocycles. The van der Waals surface area contributed by atoms with E-state index in [1.165, 1.54) is 4.90 Å². The summed E-state index contributed by atoms with van der Waals surface area (Å²) in [5, 5.41) is 9.80. The number of benzene rings is 1. The molecule has 20 heavy (non-hydrogen) atoms. The maximum absolute atomic E-state index is 12.5. The van der Waals surface area contributed by atoms with Crippen molar-refractivity contribution in [2.24, 2.45) is 5.92 Å². The minimum absolute atomic E-state index is 0.0483. The van der Waals surface area contributed by atoms with Crippen molar-refractivity contribution in [1.29, 1.82) is 0 Å². The van der Waals surface area contributed by atoms with Crippen LogP contribution in [0, 0.1) is 5.92 Å². The molecule has 0 bridgehead atoms. The molecule has 1 fully saturated rings. The van der Waals surface area contributed by atoms with Crippen molar-refractivity contribution in [3.05, 3.63) is 33.3 Å². The van der Waals surface area contributed by atoms with Gasteiger partial charge >= 0.3 is 5.97 Å². The summed E-state index contributed by atoms with van der Waals surface area (Å²) in [6.45, 7) is 2.33. The number of hydrogen-bond acceptors (Lipinski definition) is 2. The predicted molar refractivity (Wildman–Crippen MR) is 80.0 cm³/mol. The highest BCUT2D eigenvalue weighted by atomic mass is 79.9. The van der Waals surface area contributed by atoms with Crippen LogP contribution in [0.4, 0.5) is 0 Å². The zero-order valence-electron chi connectivity index (χ0n) is 11.0. The average Bonchev–Trinajstić information content (AvgIpc) is 2.35. The van der Waals surface area contributed by atoms with Gasteiger partial charge in [-0.05, 0) is 37.0 Å². The summed E-state index contributed by atoms with van der Waals surface area (Å²) in [5.41, 5.74) is 0.407. The first-order valence-electron chi connectivity index (χ1n) is 6.40. The third kappa shape index (κ3) is 3.15. The summed E-state index contributed by atoms with van der Waals surface area (Å²) in [4.78, 5) is 25.4. The van der Waals surface area contributed by atoms with E-state index >= 15 is 0 Å². The summed E-state index contributed by atoms with van der Waals surface area (Å²) in [6, 6.07) is 4.14. The topological polar surface area (TPSA) is 57.6 Å². The number of aliphatic carboxylic acids is 1. The number of piperidine rings is 1. The summed E-state index contributed by atoms with van der Waals surface area (Å²) in [6.07, 6.45) is 1.64. The van der Waals surface area contributed by atoms with E-state index in [0.29, 0.717) is 21.6 Å². The van der Waals surface area contributed by atoms with Crippen molar-refractivity contribution in [2.75, 3.05) is 6.54 Å². The minimum Gasteiger partial charge on any atom is -0.480 e. The lowest BCUT2D eigenvalue weighted by Crippen LogP contribution is -2.51. The third-order valence-electron chi connectivity index (χ3n) is 3.56. The largest absolute Gasteiger partial charge is 0.480 e. The Hall–Kier alpha value is -1.07. The van der Waals surface area contributed by atoms with Crippen LogP contribution in [0.5, 0.6) is 0 Å². The zero-order valence-corrected chi connectivity index (χ0v) is 13.3. The molecule has 1 aliphatic rings. The van der Waals surface area contributed by atoms with E-state index in [-0.39, 0.29) is 11.8 Å². The molecule has 4 nitrogen and oxygen atoms in total. The first-order chi connectivity index (χ1) is 9.40. The Morgan fingerprint density at radius 1 is 1.40 bits per heavy atom. The van der Waals surface area contributed by atoms with Crippen LogP contribution in [0.25, 0.3) is 0 Å². The Balaban J connectivity index is 2.32. The van der Waals surface area contributed by atoms with Gasteiger partial charge in [-0.15, -0.1) is 0 Å². The van der Waals surface area contributed by atoms with Crippen LogP contribution in [-0.4, -0.2) is 34.5 Å². The molecule has 1 aliphatic heterocycles. The van der Waals surface area contributed by atoms with Crippen molar-refractivity contribution in [2.45, 2.75) is 25.8 Å². The van der Waals surface area contributed by atoms with Gasteiger partial charge in [-0.25, -0.2) is 4.79 Å². The van der Waals surface area contributed by atoms with Crippen LogP contribution in [0.3, 0.4) is 0 Å². The van der Waals surface area contributed by atoms with Gasteiger partial charge in [0.15, 0.2) is 0 Å². The zero-order chi connectivity index (χ0) is 14.9. The van der Waals surface area contributed by atoms with Crippen molar-refractivity contribution in [1.82, 2.24) is 4.90 Å². The number of rotatable bonds is 2. The minimum atomic E-state index is -0.952. The van der Waals surface area contributed by atoms with E-state index in [1.807, 2.05) is 6.92 Å². The van der Waals surface area contributed by atoms with Gasteiger partial charge in [0, 0.05) is 21.6 Å². The fourth-order valence-corrected chi connectivity index (χ4v) is 3.50. The molecule has 2 unspecified atom stereocenters. The highest BCUT2D eigenvalue weighted by Gasteiger charge is 2.37. The van der Waals surface area contributed by atoms with E-state index in [0.717, 1.165) is 12.8 Å². The molecule has 0 aliphatic carbocycles. The van der Waals surface area contributed by atoms with Gasteiger partial charge < -0.3 is 10.0 Å². The normalized spacial score (nSPS) is 22.6. The quantitative estimate of drug-likeness (QED) is 0.879. The van der Waals surface area contributed by atoms with E-state index in [9.17, 15) is 14.7 Å². The predicted octanol–water partition coefficient (Wildman–Crippen LogP) is 3.43. The van der Waals surface area contributed by atoms with Crippen molar-refractivity contribution in [3.63, 3.8) is 0 Å². The van der Waals surface area contributed by atoms with Crippen molar-refractivity contribution < 1.29 is 14.7 Å². The Kier molecular flexibility index (Phi) is 4.70. The summed E-state index contributed by atoms with van der Waals surface area (Å²) in [7, 11) is 0. The van der Waals surface area contributed by atoms with E-state index in [4.69, 9.17) is 11.6 Å². The SMILES string of the molecule is CC1CCCN(C(=O)c2cc(Cl)cc(Br)c2)C1C(=O)O. The van der Waals surface area contributed by atoms with Gasteiger partial charge in [0.25, 0.3) is 5.91 Å². The fraction of sp³-hybridized carbons (Fsp3) is 0.429. The molecule has 0 spiro atoms. The number of carbonyl (C=O) groups is 2. The van der Waals surface area contributed by atoms with Gasteiger partial charge in [0.1, 0.15) is 6.04 Å². The van der Waals surface area contributed by atoms with Crippen molar-refractivity contribution >= 4 is 39.4 Å². The van der Waals surface area contributed by atoms with Crippen LogP contribution in [-0.2, 0) is 4.79 Å². The maximum atomic E-state index is 12.5. The number of carboxylic acids is 1. The lowest BCUT2D eigenvalue weighted by Gasteiger charge is -2.37. The van der Waals surface area contributed by atoms with Gasteiger partial charge in [0.05, 0.1) is 0 Å². The lowest BCUT2D eigenvalue weighted by molar-refractivity contribution is -0.145. The molecule has 1 amide bonds.